The predicted octanol–water partition coefficient (Wildman–Crippen LogP) is 6.92. The molecule has 0 aliphatic heterocycles. The van der Waals surface area contributed by atoms with Crippen molar-refractivity contribution in [1.29, 1.82) is 0 Å². The summed E-state index contributed by atoms with van der Waals surface area (Å²) in [6.45, 7) is 5.25. The van der Waals surface area contributed by atoms with Crippen LogP contribution in [0.5, 0.6) is 11.5 Å². The highest BCUT2D eigenvalue weighted by atomic mass is 79.9. The summed E-state index contributed by atoms with van der Waals surface area (Å²) in [5.74, 6) is 1.40. The van der Waals surface area contributed by atoms with E-state index in [-0.39, 0.29) is 0 Å². The lowest BCUT2D eigenvalue weighted by Crippen LogP contribution is -2.03. The molecule has 5 heteroatoms. The second-order valence-electron chi connectivity index (χ2n) is 6.70. The van der Waals surface area contributed by atoms with E-state index in [1.807, 2.05) is 30.3 Å². The molecule has 0 aliphatic carbocycles. The van der Waals surface area contributed by atoms with Crippen LogP contribution in [-0.4, -0.2) is 7.11 Å². The first-order valence-electron chi connectivity index (χ1n) is 9.01. The Labute approximate surface area is 179 Å². The zero-order chi connectivity index (χ0) is 20.1. The molecule has 0 saturated carbocycles. The molecule has 0 bridgehead atoms. The number of halogens is 2. The minimum Gasteiger partial charge on any atom is -0.493 e. The number of nitrogens with one attached hydrogen (secondary N) is 1. The summed E-state index contributed by atoms with van der Waals surface area (Å²) in [4.78, 5) is 0. The molecule has 3 aromatic rings. The van der Waals surface area contributed by atoms with Gasteiger partial charge in [0.1, 0.15) is 6.61 Å². The van der Waals surface area contributed by atoms with Gasteiger partial charge >= 0.3 is 0 Å². The van der Waals surface area contributed by atoms with E-state index in [0.29, 0.717) is 29.7 Å². The van der Waals surface area contributed by atoms with Gasteiger partial charge in [-0.15, -0.1) is 0 Å². The van der Waals surface area contributed by atoms with Gasteiger partial charge in [-0.1, -0.05) is 47.5 Å². The number of rotatable bonds is 7. The maximum Gasteiger partial charge on any atom is 0.175 e. The molecule has 146 valence electrons. The van der Waals surface area contributed by atoms with Crippen LogP contribution in [0.3, 0.4) is 0 Å². The van der Waals surface area contributed by atoms with Crippen LogP contribution < -0.4 is 14.8 Å². The van der Waals surface area contributed by atoms with Gasteiger partial charge in [-0.3, -0.25) is 0 Å². The Balaban J connectivity index is 1.73. The molecular weight excluding hydrogens is 438 g/mol. The van der Waals surface area contributed by atoms with Crippen LogP contribution in [0.4, 0.5) is 5.69 Å². The lowest BCUT2D eigenvalue weighted by Gasteiger charge is -2.16. The summed E-state index contributed by atoms with van der Waals surface area (Å²) < 4.78 is 12.5. The summed E-state index contributed by atoms with van der Waals surface area (Å²) >= 11 is 9.72. The number of anilines is 1. The van der Waals surface area contributed by atoms with Crippen molar-refractivity contribution < 1.29 is 9.47 Å². The Morgan fingerprint density at radius 3 is 2.43 bits per heavy atom. The van der Waals surface area contributed by atoms with Gasteiger partial charge in [-0.05, 0) is 70.7 Å². The summed E-state index contributed by atoms with van der Waals surface area (Å²) in [6, 6.07) is 18.2. The van der Waals surface area contributed by atoms with E-state index in [1.54, 1.807) is 7.11 Å². The zero-order valence-electron chi connectivity index (χ0n) is 16.2. The fraction of sp³-hybridized carbons (Fsp3) is 0.217. The second kappa shape index (κ2) is 9.35. The van der Waals surface area contributed by atoms with Crippen LogP contribution in [-0.2, 0) is 13.2 Å². The lowest BCUT2D eigenvalue weighted by molar-refractivity contribution is 0.282. The van der Waals surface area contributed by atoms with Crippen LogP contribution in [0, 0.1) is 13.8 Å². The molecule has 3 nitrogen and oxygen atoms in total. The standard InChI is InChI=1S/C23H23BrClNO2/c1-15-4-7-17(8-5-15)14-28-23-20(24)10-18(11-22(23)27-3)13-26-21-12-19(25)9-6-16(21)2/h4-12,26H,13-14H2,1-3H3. The minimum atomic E-state index is 0.481. The van der Waals surface area contributed by atoms with E-state index in [0.717, 1.165) is 26.9 Å². The van der Waals surface area contributed by atoms with Crippen molar-refractivity contribution >= 4 is 33.2 Å². The van der Waals surface area contributed by atoms with E-state index in [4.69, 9.17) is 21.1 Å². The third-order valence-electron chi connectivity index (χ3n) is 4.48. The fourth-order valence-electron chi connectivity index (χ4n) is 2.84. The smallest absolute Gasteiger partial charge is 0.175 e. The molecule has 3 rings (SSSR count). The molecule has 0 aliphatic rings. The number of hydrogen-bond donors (Lipinski definition) is 1. The summed E-state index contributed by atoms with van der Waals surface area (Å²) in [5, 5.41) is 4.14. The van der Waals surface area contributed by atoms with Crippen molar-refractivity contribution in [3.8, 4) is 11.5 Å². The monoisotopic (exact) mass is 459 g/mol. The van der Waals surface area contributed by atoms with Gasteiger partial charge < -0.3 is 14.8 Å². The quantitative estimate of drug-likeness (QED) is 0.415. The van der Waals surface area contributed by atoms with E-state index in [2.05, 4.69) is 59.4 Å². The Hall–Kier alpha value is -2.17. The van der Waals surface area contributed by atoms with E-state index in [1.165, 1.54) is 5.56 Å². The zero-order valence-corrected chi connectivity index (χ0v) is 18.5. The van der Waals surface area contributed by atoms with E-state index in [9.17, 15) is 0 Å². The number of benzene rings is 3. The van der Waals surface area contributed by atoms with Gasteiger partial charge in [-0.25, -0.2) is 0 Å². The number of aryl methyl sites for hydroxylation is 2. The molecule has 0 fully saturated rings. The molecule has 0 saturated heterocycles. The van der Waals surface area contributed by atoms with Gasteiger partial charge in [0.05, 0.1) is 11.6 Å². The molecule has 0 spiro atoms. The van der Waals surface area contributed by atoms with Gasteiger partial charge in [0.15, 0.2) is 11.5 Å². The first-order chi connectivity index (χ1) is 13.5. The van der Waals surface area contributed by atoms with Gasteiger partial charge in [-0.2, -0.15) is 0 Å². The van der Waals surface area contributed by atoms with Crippen molar-refractivity contribution in [3.05, 3.63) is 86.3 Å². The maximum absolute atomic E-state index is 6.10. The summed E-state index contributed by atoms with van der Waals surface area (Å²) in [5.41, 5.74) is 5.58. The van der Waals surface area contributed by atoms with Crippen LogP contribution in [0.15, 0.2) is 59.1 Å². The van der Waals surface area contributed by atoms with Crippen LogP contribution in [0.2, 0.25) is 5.02 Å². The maximum atomic E-state index is 6.10. The molecule has 0 unspecified atom stereocenters. The number of methoxy groups -OCH3 is 1. The van der Waals surface area contributed by atoms with Gasteiger partial charge in [0, 0.05) is 17.3 Å². The average Bonchev–Trinajstić information content (AvgIpc) is 2.68. The fourth-order valence-corrected chi connectivity index (χ4v) is 3.61. The lowest BCUT2D eigenvalue weighted by atomic mass is 10.1. The minimum absolute atomic E-state index is 0.481. The van der Waals surface area contributed by atoms with Crippen LogP contribution in [0.1, 0.15) is 22.3 Å². The Kier molecular flexibility index (Phi) is 6.87. The first kappa shape index (κ1) is 20.6. The molecule has 0 aromatic heterocycles. The molecule has 28 heavy (non-hydrogen) atoms. The van der Waals surface area contributed by atoms with Crippen molar-refractivity contribution in [3.63, 3.8) is 0 Å². The summed E-state index contributed by atoms with van der Waals surface area (Å²) in [6.07, 6.45) is 0. The summed E-state index contributed by atoms with van der Waals surface area (Å²) in [7, 11) is 1.65. The van der Waals surface area contributed by atoms with Crippen molar-refractivity contribution in [1.82, 2.24) is 0 Å². The Bertz CT molecular complexity index is 958. The van der Waals surface area contributed by atoms with Crippen molar-refractivity contribution in [2.45, 2.75) is 27.0 Å². The predicted molar refractivity (Wildman–Crippen MR) is 120 cm³/mol. The number of ether oxygens (including phenoxy) is 2. The SMILES string of the molecule is COc1cc(CNc2cc(Cl)ccc2C)cc(Br)c1OCc1ccc(C)cc1. The Morgan fingerprint density at radius 1 is 0.964 bits per heavy atom. The molecule has 0 amide bonds. The molecule has 0 atom stereocenters. The molecular formula is C23H23BrClNO2. The highest BCUT2D eigenvalue weighted by Gasteiger charge is 2.12. The van der Waals surface area contributed by atoms with Gasteiger partial charge in [0.25, 0.3) is 0 Å². The topological polar surface area (TPSA) is 30.5 Å². The molecule has 3 aromatic carbocycles. The third-order valence-corrected chi connectivity index (χ3v) is 5.30. The van der Waals surface area contributed by atoms with E-state index < -0.39 is 0 Å². The normalized spacial score (nSPS) is 10.6. The second-order valence-corrected chi connectivity index (χ2v) is 7.99. The van der Waals surface area contributed by atoms with Crippen LogP contribution >= 0.6 is 27.5 Å². The Morgan fingerprint density at radius 2 is 1.71 bits per heavy atom. The van der Waals surface area contributed by atoms with Crippen molar-refractivity contribution in [2.24, 2.45) is 0 Å². The highest BCUT2D eigenvalue weighted by Crippen LogP contribution is 2.37. The number of hydrogen-bond acceptors (Lipinski definition) is 3. The molecule has 1 N–H and O–H groups in total. The third kappa shape index (κ3) is 5.21. The largest absolute Gasteiger partial charge is 0.493 e. The first-order valence-corrected chi connectivity index (χ1v) is 10.2. The molecule has 0 heterocycles. The van der Waals surface area contributed by atoms with Gasteiger partial charge in [0.2, 0.25) is 0 Å². The van der Waals surface area contributed by atoms with E-state index >= 15 is 0 Å². The average molecular weight is 461 g/mol. The van der Waals surface area contributed by atoms with Crippen molar-refractivity contribution in [2.75, 3.05) is 12.4 Å². The van der Waals surface area contributed by atoms with Crippen LogP contribution in [0.25, 0.3) is 0 Å². The molecule has 0 radical (unpaired) electrons. The highest BCUT2D eigenvalue weighted by molar-refractivity contribution is 9.10.